The zero-order valence-electron chi connectivity index (χ0n) is 10.6. The van der Waals surface area contributed by atoms with Gasteiger partial charge in [0.2, 0.25) is 0 Å². The highest BCUT2D eigenvalue weighted by molar-refractivity contribution is 7.99. The molecule has 18 heavy (non-hydrogen) atoms. The van der Waals surface area contributed by atoms with Gasteiger partial charge in [0.25, 0.3) is 0 Å². The molecule has 4 heteroatoms. The van der Waals surface area contributed by atoms with E-state index in [-0.39, 0.29) is 0 Å². The summed E-state index contributed by atoms with van der Waals surface area (Å²) in [7, 11) is 0. The zero-order chi connectivity index (χ0) is 13.1. The monoisotopic (exact) mass is 255 g/mol. The summed E-state index contributed by atoms with van der Waals surface area (Å²) >= 11 is 1.49. The third-order valence-corrected chi connectivity index (χ3v) is 3.99. The van der Waals surface area contributed by atoms with Crippen molar-refractivity contribution in [3.63, 3.8) is 0 Å². The minimum atomic E-state index is 0.621. The van der Waals surface area contributed by atoms with Gasteiger partial charge >= 0.3 is 0 Å². The lowest BCUT2D eigenvalue weighted by Gasteiger charge is -2.08. The van der Waals surface area contributed by atoms with E-state index in [2.05, 4.69) is 16.3 Å². The molecule has 0 aliphatic heterocycles. The number of hydrogen-bond donors (Lipinski definition) is 0. The van der Waals surface area contributed by atoms with Gasteiger partial charge in [0, 0.05) is 4.90 Å². The van der Waals surface area contributed by atoms with E-state index in [1.807, 2.05) is 45.0 Å². The van der Waals surface area contributed by atoms with Crippen molar-refractivity contribution in [1.29, 1.82) is 5.26 Å². The summed E-state index contributed by atoms with van der Waals surface area (Å²) in [5, 5.41) is 18.1. The molecule has 0 radical (unpaired) electrons. The second-order valence-electron chi connectivity index (χ2n) is 4.07. The molecule has 0 aliphatic rings. The molecule has 2 aromatic rings. The van der Waals surface area contributed by atoms with Crippen molar-refractivity contribution in [2.24, 2.45) is 0 Å². The smallest absolute Gasteiger partial charge is 0.142 e. The fourth-order valence-electron chi connectivity index (χ4n) is 1.56. The molecular formula is C14H13N3S. The lowest BCUT2D eigenvalue weighted by molar-refractivity contribution is 0.871. The first-order valence-corrected chi connectivity index (χ1v) is 6.42. The van der Waals surface area contributed by atoms with Gasteiger partial charge in [-0.25, -0.2) is 0 Å². The van der Waals surface area contributed by atoms with Gasteiger partial charge in [-0.05, 0) is 38.0 Å². The van der Waals surface area contributed by atoms with Crippen molar-refractivity contribution < 1.29 is 0 Å². The first-order chi connectivity index (χ1) is 8.63. The van der Waals surface area contributed by atoms with Gasteiger partial charge in [-0.1, -0.05) is 30.0 Å². The molecule has 90 valence electrons. The summed E-state index contributed by atoms with van der Waals surface area (Å²) in [6.07, 6.45) is 0. The second-order valence-corrected chi connectivity index (χ2v) is 5.10. The number of nitrogens with zero attached hydrogens (tertiary/aromatic N) is 3. The van der Waals surface area contributed by atoms with Crippen LogP contribution in [0.3, 0.4) is 0 Å². The lowest BCUT2D eigenvalue weighted by Crippen LogP contribution is -1.98. The van der Waals surface area contributed by atoms with Crippen LogP contribution in [0.4, 0.5) is 0 Å². The molecule has 1 aromatic heterocycles. The molecule has 2 rings (SSSR count). The number of nitriles is 1. The van der Waals surface area contributed by atoms with E-state index in [4.69, 9.17) is 0 Å². The average molecular weight is 255 g/mol. The Morgan fingerprint density at radius 3 is 2.50 bits per heavy atom. The van der Waals surface area contributed by atoms with Crippen molar-refractivity contribution in [3.05, 3.63) is 46.6 Å². The maximum Gasteiger partial charge on any atom is 0.142 e. The van der Waals surface area contributed by atoms with E-state index in [0.29, 0.717) is 10.6 Å². The van der Waals surface area contributed by atoms with Crippen molar-refractivity contribution in [2.75, 3.05) is 0 Å². The van der Waals surface area contributed by atoms with Crippen LogP contribution in [-0.2, 0) is 0 Å². The normalized spacial score (nSPS) is 10.1. The summed E-state index contributed by atoms with van der Waals surface area (Å²) in [6.45, 7) is 5.82. The maximum atomic E-state index is 9.24. The van der Waals surface area contributed by atoms with Crippen LogP contribution in [0.5, 0.6) is 0 Å². The Bertz CT molecular complexity index is 629. The molecule has 0 atom stereocenters. The lowest BCUT2D eigenvalue weighted by atomic mass is 10.1. The largest absolute Gasteiger partial charge is 0.192 e. The number of rotatable bonds is 2. The van der Waals surface area contributed by atoms with E-state index in [9.17, 15) is 5.26 Å². The predicted molar refractivity (Wildman–Crippen MR) is 71.5 cm³/mol. The Labute approximate surface area is 111 Å². The predicted octanol–water partition coefficient (Wildman–Crippen LogP) is 3.42. The fraction of sp³-hybridized carbons (Fsp3) is 0.214. The number of hydrogen-bond acceptors (Lipinski definition) is 4. The second kappa shape index (κ2) is 5.19. The van der Waals surface area contributed by atoms with E-state index >= 15 is 0 Å². The molecule has 1 aromatic carbocycles. The summed E-state index contributed by atoms with van der Waals surface area (Å²) in [6, 6.07) is 10.3. The van der Waals surface area contributed by atoms with Gasteiger partial charge < -0.3 is 0 Å². The maximum absolute atomic E-state index is 9.24. The van der Waals surface area contributed by atoms with Crippen LogP contribution in [0, 0.1) is 32.1 Å². The summed E-state index contributed by atoms with van der Waals surface area (Å²) < 4.78 is 0. The quantitative estimate of drug-likeness (QED) is 0.825. The van der Waals surface area contributed by atoms with Crippen LogP contribution in [0.25, 0.3) is 0 Å². The minimum absolute atomic E-state index is 0.621. The van der Waals surface area contributed by atoms with Crippen LogP contribution >= 0.6 is 11.8 Å². The zero-order valence-corrected chi connectivity index (χ0v) is 11.4. The van der Waals surface area contributed by atoms with E-state index in [0.717, 1.165) is 16.2 Å². The molecule has 0 unspecified atom stereocenters. The van der Waals surface area contributed by atoms with Gasteiger partial charge in [-0.15, -0.1) is 5.10 Å². The van der Waals surface area contributed by atoms with E-state index < -0.39 is 0 Å². The third-order valence-electron chi connectivity index (χ3n) is 2.83. The van der Waals surface area contributed by atoms with Crippen molar-refractivity contribution >= 4 is 11.8 Å². The standard InChI is InChI=1S/C14H13N3S/c1-9-6-4-5-7-13(9)18-14-12(8-15)10(2)11(3)16-17-14/h4-7H,1-3H3. The highest BCUT2D eigenvalue weighted by Crippen LogP contribution is 2.31. The summed E-state index contributed by atoms with van der Waals surface area (Å²) in [5.41, 5.74) is 3.51. The van der Waals surface area contributed by atoms with Gasteiger partial charge in [-0.3, -0.25) is 0 Å². The molecule has 0 aliphatic carbocycles. The van der Waals surface area contributed by atoms with Gasteiger partial charge in [-0.2, -0.15) is 10.4 Å². The van der Waals surface area contributed by atoms with Gasteiger partial charge in [0.15, 0.2) is 0 Å². The molecule has 0 saturated heterocycles. The minimum Gasteiger partial charge on any atom is -0.192 e. The number of aryl methyl sites for hydroxylation is 2. The topological polar surface area (TPSA) is 49.6 Å². The molecule has 0 fully saturated rings. The Hall–Kier alpha value is -1.86. The van der Waals surface area contributed by atoms with E-state index in [1.54, 1.807) is 0 Å². The van der Waals surface area contributed by atoms with Crippen molar-refractivity contribution in [2.45, 2.75) is 30.7 Å². The van der Waals surface area contributed by atoms with Crippen molar-refractivity contribution in [3.8, 4) is 6.07 Å². The Balaban J connectivity index is 2.45. The molecule has 0 saturated carbocycles. The van der Waals surface area contributed by atoms with Crippen molar-refractivity contribution in [1.82, 2.24) is 10.2 Å². The summed E-state index contributed by atoms with van der Waals surface area (Å²) in [5.74, 6) is 0. The summed E-state index contributed by atoms with van der Waals surface area (Å²) in [4.78, 5) is 1.10. The Morgan fingerprint density at radius 2 is 1.83 bits per heavy atom. The van der Waals surface area contributed by atoms with Crippen LogP contribution in [0.2, 0.25) is 0 Å². The van der Waals surface area contributed by atoms with Crippen LogP contribution in [0.1, 0.15) is 22.4 Å². The number of aromatic nitrogens is 2. The van der Waals surface area contributed by atoms with E-state index in [1.165, 1.54) is 17.3 Å². The Kier molecular flexibility index (Phi) is 3.63. The molecule has 1 heterocycles. The molecule has 3 nitrogen and oxygen atoms in total. The average Bonchev–Trinajstić information content (AvgIpc) is 2.37. The number of benzene rings is 1. The molecule has 0 spiro atoms. The van der Waals surface area contributed by atoms with Crippen LogP contribution in [-0.4, -0.2) is 10.2 Å². The molecule has 0 N–H and O–H groups in total. The van der Waals surface area contributed by atoms with Crippen LogP contribution in [0.15, 0.2) is 34.2 Å². The first kappa shape index (κ1) is 12.6. The Morgan fingerprint density at radius 1 is 1.11 bits per heavy atom. The first-order valence-electron chi connectivity index (χ1n) is 5.61. The molecule has 0 bridgehead atoms. The highest BCUT2D eigenvalue weighted by Gasteiger charge is 2.12. The highest BCUT2D eigenvalue weighted by atomic mass is 32.2. The SMILES string of the molecule is Cc1ccccc1Sc1nnc(C)c(C)c1C#N. The fourth-order valence-corrected chi connectivity index (χ4v) is 2.53. The van der Waals surface area contributed by atoms with Crippen LogP contribution < -0.4 is 0 Å². The van der Waals surface area contributed by atoms with Gasteiger partial charge in [0.1, 0.15) is 11.1 Å². The van der Waals surface area contributed by atoms with Gasteiger partial charge in [0.05, 0.1) is 11.3 Å². The molecular weight excluding hydrogens is 242 g/mol. The molecule has 0 amide bonds. The third kappa shape index (κ3) is 2.36.